The van der Waals surface area contributed by atoms with Crippen LogP contribution in [0.15, 0.2) is 54.6 Å². The lowest BCUT2D eigenvalue weighted by molar-refractivity contribution is -0.131. The van der Waals surface area contributed by atoms with Crippen molar-refractivity contribution in [2.24, 2.45) is 5.92 Å². The van der Waals surface area contributed by atoms with E-state index in [4.69, 9.17) is 4.74 Å². The highest BCUT2D eigenvalue weighted by Gasteiger charge is 2.24. The number of ether oxygens (including phenoxy) is 1. The fourth-order valence-corrected chi connectivity index (χ4v) is 3.85. The zero-order valence-corrected chi connectivity index (χ0v) is 19.2. The molecule has 0 unspecified atom stereocenters. The normalized spacial score (nSPS) is 15.2. The highest BCUT2D eigenvalue weighted by atomic mass is 16.5. The molecular formula is C26H35N3O3. The number of para-hydroxylation sites is 1. The summed E-state index contributed by atoms with van der Waals surface area (Å²) in [6.45, 7) is 7.48. The third-order valence-corrected chi connectivity index (χ3v) is 5.72. The number of likely N-dealkylation sites (tertiary alicyclic amines) is 1. The monoisotopic (exact) mass is 437 g/mol. The Bertz CT molecular complexity index is 846. The number of nitrogens with zero attached hydrogens (tertiary/aromatic N) is 1. The summed E-state index contributed by atoms with van der Waals surface area (Å²) in [5.41, 5.74) is 2.34. The van der Waals surface area contributed by atoms with Gasteiger partial charge in [-0.05, 0) is 55.1 Å². The van der Waals surface area contributed by atoms with E-state index in [9.17, 15) is 9.59 Å². The van der Waals surface area contributed by atoms with Crippen molar-refractivity contribution in [1.82, 2.24) is 15.5 Å². The standard InChI is InChI=1S/C26H35N3O3/c1-20(2)25(28-24(30)19-32-23-9-5-3-6-10-23)26(31)27-17-21-11-13-22(14-12-21)18-29-15-7-4-8-16-29/h3,5-6,9-14,20,25H,4,7-8,15-19H2,1-2H3,(H,27,31)(H,28,30)/t25-/m0/s1. The van der Waals surface area contributed by atoms with Crippen molar-refractivity contribution in [2.45, 2.75) is 52.2 Å². The van der Waals surface area contributed by atoms with Crippen molar-refractivity contribution in [3.8, 4) is 5.75 Å². The molecule has 1 saturated heterocycles. The Morgan fingerprint density at radius 3 is 2.25 bits per heavy atom. The molecule has 2 aromatic rings. The first-order chi connectivity index (χ1) is 15.5. The molecule has 6 heteroatoms. The largest absolute Gasteiger partial charge is 0.484 e. The molecule has 2 amide bonds. The van der Waals surface area contributed by atoms with Gasteiger partial charge in [0.1, 0.15) is 11.8 Å². The molecular weight excluding hydrogens is 402 g/mol. The van der Waals surface area contributed by atoms with Gasteiger partial charge in [-0.15, -0.1) is 0 Å². The van der Waals surface area contributed by atoms with E-state index < -0.39 is 6.04 Å². The lowest BCUT2D eigenvalue weighted by Crippen LogP contribution is -2.50. The van der Waals surface area contributed by atoms with Gasteiger partial charge in [0.05, 0.1) is 0 Å². The summed E-state index contributed by atoms with van der Waals surface area (Å²) in [5, 5.41) is 5.75. The molecule has 0 spiro atoms. The van der Waals surface area contributed by atoms with Crippen LogP contribution in [0.3, 0.4) is 0 Å². The molecule has 172 valence electrons. The molecule has 0 bridgehead atoms. The van der Waals surface area contributed by atoms with Crippen LogP contribution in [-0.4, -0.2) is 42.5 Å². The number of hydrogen-bond acceptors (Lipinski definition) is 4. The molecule has 1 aliphatic rings. The van der Waals surface area contributed by atoms with Gasteiger partial charge in [0.15, 0.2) is 6.61 Å². The van der Waals surface area contributed by atoms with Gasteiger partial charge in [-0.2, -0.15) is 0 Å². The molecule has 1 heterocycles. The summed E-state index contributed by atoms with van der Waals surface area (Å²) in [6, 6.07) is 16.9. The molecule has 0 aliphatic carbocycles. The summed E-state index contributed by atoms with van der Waals surface area (Å²) in [6.07, 6.45) is 3.92. The Kier molecular flexibility index (Phi) is 9.11. The van der Waals surface area contributed by atoms with Crippen molar-refractivity contribution >= 4 is 11.8 Å². The van der Waals surface area contributed by atoms with E-state index in [0.717, 1.165) is 12.1 Å². The van der Waals surface area contributed by atoms with E-state index >= 15 is 0 Å². The molecule has 6 nitrogen and oxygen atoms in total. The van der Waals surface area contributed by atoms with Crippen LogP contribution >= 0.6 is 0 Å². The topological polar surface area (TPSA) is 70.7 Å². The van der Waals surface area contributed by atoms with Crippen LogP contribution in [0.1, 0.15) is 44.2 Å². The first-order valence-electron chi connectivity index (χ1n) is 11.6. The maximum Gasteiger partial charge on any atom is 0.258 e. The molecule has 1 aliphatic heterocycles. The summed E-state index contributed by atoms with van der Waals surface area (Å²) in [4.78, 5) is 27.5. The van der Waals surface area contributed by atoms with E-state index in [1.165, 1.54) is 37.9 Å². The zero-order chi connectivity index (χ0) is 22.8. The van der Waals surface area contributed by atoms with Gasteiger partial charge in [0.25, 0.3) is 5.91 Å². The number of hydrogen-bond donors (Lipinski definition) is 2. The molecule has 0 radical (unpaired) electrons. The predicted molar refractivity (Wildman–Crippen MR) is 126 cm³/mol. The second-order valence-electron chi connectivity index (χ2n) is 8.76. The summed E-state index contributed by atoms with van der Waals surface area (Å²) in [5.74, 6) is 0.0785. The molecule has 32 heavy (non-hydrogen) atoms. The van der Waals surface area contributed by atoms with Crippen molar-refractivity contribution in [2.75, 3.05) is 19.7 Å². The molecule has 0 saturated carbocycles. The Morgan fingerprint density at radius 2 is 1.59 bits per heavy atom. The number of rotatable bonds is 10. The lowest BCUT2D eigenvalue weighted by atomic mass is 10.0. The Hall–Kier alpha value is -2.86. The van der Waals surface area contributed by atoms with Gasteiger partial charge in [-0.3, -0.25) is 14.5 Å². The quantitative estimate of drug-likeness (QED) is 0.597. The number of nitrogens with one attached hydrogen (secondary N) is 2. The lowest BCUT2D eigenvalue weighted by Gasteiger charge is -2.26. The van der Waals surface area contributed by atoms with Crippen LogP contribution in [0.4, 0.5) is 0 Å². The van der Waals surface area contributed by atoms with Gasteiger partial charge in [-0.1, -0.05) is 62.7 Å². The third-order valence-electron chi connectivity index (χ3n) is 5.72. The van der Waals surface area contributed by atoms with E-state index in [1.807, 2.05) is 32.0 Å². The zero-order valence-electron chi connectivity index (χ0n) is 19.2. The summed E-state index contributed by atoms with van der Waals surface area (Å²) >= 11 is 0. The van der Waals surface area contributed by atoms with Crippen LogP contribution in [0, 0.1) is 5.92 Å². The fraction of sp³-hybridized carbons (Fsp3) is 0.462. The molecule has 1 fully saturated rings. The van der Waals surface area contributed by atoms with Crippen LogP contribution in [0.5, 0.6) is 5.75 Å². The summed E-state index contributed by atoms with van der Waals surface area (Å²) in [7, 11) is 0. The maximum absolute atomic E-state index is 12.7. The van der Waals surface area contributed by atoms with Gasteiger partial charge in [-0.25, -0.2) is 0 Å². The van der Waals surface area contributed by atoms with Crippen LogP contribution in [-0.2, 0) is 22.7 Å². The Labute approximate surface area is 191 Å². The first-order valence-corrected chi connectivity index (χ1v) is 11.6. The van der Waals surface area contributed by atoms with Gasteiger partial charge in [0.2, 0.25) is 5.91 Å². The second kappa shape index (κ2) is 12.2. The van der Waals surface area contributed by atoms with Crippen molar-refractivity contribution in [1.29, 1.82) is 0 Å². The SMILES string of the molecule is CC(C)[C@H](NC(=O)COc1ccccc1)C(=O)NCc1ccc(CN2CCCCC2)cc1. The smallest absolute Gasteiger partial charge is 0.258 e. The van der Waals surface area contributed by atoms with Crippen LogP contribution in [0.2, 0.25) is 0 Å². The van der Waals surface area contributed by atoms with Gasteiger partial charge >= 0.3 is 0 Å². The number of carbonyl (C=O) groups is 2. The predicted octanol–water partition coefficient (Wildman–Crippen LogP) is 3.51. The maximum atomic E-state index is 12.7. The highest BCUT2D eigenvalue weighted by Crippen LogP contribution is 2.14. The molecule has 2 N–H and O–H groups in total. The van der Waals surface area contributed by atoms with Crippen molar-refractivity contribution in [3.63, 3.8) is 0 Å². The van der Waals surface area contributed by atoms with E-state index in [2.05, 4.69) is 39.8 Å². The molecule has 0 aromatic heterocycles. The number of piperidine rings is 1. The minimum Gasteiger partial charge on any atom is -0.484 e. The second-order valence-corrected chi connectivity index (χ2v) is 8.76. The molecule has 2 aromatic carbocycles. The van der Waals surface area contributed by atoms with Crippen LogP contribution < -0.4 is 15.4 Å². The van der Waals surface area contributed by atoms with Gasteiger partial charge in [0, 0.05) is 13.1 Å². The minimum absolute atomic E-state index is 0.0393. The average molecular weight is 438 g/mol. The average Bonchev–Trinajstić information content (AvgIpc) is 2.81. The first kappa shape index (κ1) is 23.8. The van der Waals surface area contributed by atoms with E-state index in [0.29, 0.717) is 12.3 Å². The summed E-state index contributed by atoms with van der Waals surface area (Å²) < 4.78 is 5.48. The van der Waals surface area contributed by atoms with Crippen LogP contribution in [0.25, 0.3) is 0 Å². The number of amides is 2. The minimum atomic E-state index is -0.611. The fourth-order valence-electron chi connectivity index (χ4n) is 3.85. The van der Waals surface area contributed by atoms with E-state index in [-0.39, 0.29) is 24.3 Å². The van der Waals surface area contributed by atoms with E-state index in [1.54, 1.807) is 12.1 Å². The third kappa shape index (κ3) is 7.68. The van der Waals surface area contributed by atoms with Gasteiger partial charge < -0.3 is 15.4 Å². The molecule has 1 atom stereocenters. The molecule has 3 rings (SSSR count). The van der Waals surface area contributed by atoms with Crippen molar-refractivity contribution in [3.05, 3.63) is 65.7 Å². The van der Waals surface area contributed by atoms with Crippen molar-refractivity contribution < 1.29 is 14.3 Å². The highest BCUT2D eigenvalue weighted by molar-refractivity contribution is 5.88. The Balaban J connectivity index is 1.45. The number of carbonyl (C=O) groups excluding carboxylic acids is 2. The Morgan fingerprint density at radius 1 is 0.938 bits per heavy atom. The number of benzene rings is 2.